The van der Waals surface area contributed by atoms with Crippen molar-refractivity contribution < 1.29 is 4.74 Å². The van der Waals surface area contributed by atoms with Gasteiger partial charge in [-0.2, -0.15) is 4.98 Å². The Morgan fingerprint density at radius 3 is 2.64 bits per heavy atom. The minimum absolute atomic E-state index is 0.120. The maximum atomic E-state index is 5.92. The van der Waals surface area contributed by atoms with Crippen molar-refractivity contribution in [2.75, 3.05) is 11.5 Å². The van der Waals surface area contributed by atoms with Gasteiger partial charge in [-0.05, 0) is 23.6 Å². The van der Waals surface area contributed by atoms with E-state index in [0.717, 1.165) is 16.5 Å². The van der Waals surface area contributed by atoms with Crippen molar-refractivity contribution in [3.63, 3.8) is 0 Å². The number of hydrogen-bond donors (Lipinski definition) is 2. The zero-order valence-corrected chi connectivity index (χ0v) is 12.4. The standard InChI is InChI=1S/C16H17N5O/c1-9(2)11-6-10-4-3-5-19-12(10)7-13(11)22-14-8-20-16(18)21-15(14)17/h3-9H,1-2H3,(H4,17,18,20,21). The topological polar surface area (TPSA) is 99.9 Å². The fourth-order valence-electron chi connectivity index (χ4n) is 2.25. The minimum Gasteiger partial charge on any atom is -0.451 e. The highest BCUT2D eigenvalue weighted by Crippen LogP contribution is 2.35. The highest BCUT2D eigenvalue weighted by atomic mass is 16.5. The first-order valence-electron chi connectivity index (χ1n) is 6.99. The zero-order valence-electron chi connectivity index (χ0n) is 12.4. The molecule has 0 aliphatic heterocycles. The molecule has 4 N–H and O–H groups in total. The second-order valence-electron chi connectivity index (χ2n) is 5.32. The van der Waals surface area contributed by atoms with Gasteiger partial charge in [0, 0.05) is 17.6 Å². The Morgan fingerprint density at radius 2 is 1.91 bits per heavy atom. The summed E-state index contributed by atoms with van der Waals surface area (Å²) in [6.45, 7) is 4.21. The van der Waals surface area contributed by atoms with Gasteiger partial charge in [-0.3, -0.25) is 4.98 Å². The number of aromatic nitrogens is 3. The first-order chi connectivity index (χ1) is 10.5. The summed E-state index contributed by atoms with van der Waals surface area (Å²) in [6.07, 6.45) is 3.23. The van der Waals surface area contributed by atoms with E-state index in [2.05, 4.69) is 34.9 Å². The van der Waals surface area contributed by atoms with Gasteiger partial charge in [-0.15, -0.1) is 0 Å². The molecular formula is C16H17N5O. The van der Waals surface area contributed by atoms with Crippen LogP contribution in [0.2, 0.25) is 0 Å². The summed E-state index contributed by atoms with van der Waals surface area (Å²) in [6, 6.07) is 7.93. The van der Waals surface area contributed by atoms with Crippen LogP contribution in [-0.4, -0.2) is 15.0 Å². The van der Waals surface area contributed by atoms with Gasteiger partial charge < -0.3 is 16.2 Å². The Bertz CT molecular complexity index is 832. The Labute approximate surface area is 128 Å². The van der Waals surface area contributed by atoms with Gasteiger partial charge in [-0.1, -0.05) is 19.9 Å². The molecule has 0 aliphatic rings. The SMILES string of the molecule is CC(C)c1cc2cccnc2cc1Oc1cnc(N)nc1N. The molecule has 2 aromatic heterocycles. The van der Waals surface area contributed by atoms with Crippen LogP contribution in [0.1, 0.15) is 25.3 Å². The smallest absolute Gasteiger partial charge is 0.222 e. The largest absolute Gasteiger partial charge is 0.451 e. The number of rotatable bonds is 3. The van der Waals surface area contributed by atoms with E-state index in [1.165, 1.54) is 6.20 Å². The molecule has 6 nitrogen and oxygen atoms in total. The van der Waals surface area contributed by atoms with Gasteiger partial charge in [0.15, 0.2) is 11.6 Å². The van der Waals surface area contributed by atoms with E-state index < -0.39 is 0 Å². The van der Waals surface area contributed by atoms with Gasteiger partial charge in [0.1, 0.15) is 5.75 Å². The fourth-order valence-corrected chi connectivity index (χ4v) is 2.25. The summed E-state index contributed by atoms with van der Waals surface area (Å²) in [5.41, 5.74) is 13.3. The molecule has 112 valence electrons. The monoisotopic (exact) mass is 295 g/mol. The van der Waals surface area contributed by atoms with Gasteiger partial charge in [0.2, 0.25) is 5.95 Å². The molecule has 0 bridgehead atoms. The summed E-state index contributed by atoms with van der Waals surface area (Å²) >= 11 is 0. The summed E-state index contributed by atoms with van der Waals surface area (Å²) in [7, 11) is 0. The molecule has 0 spiro atoms. The molecule has 0 aliphatic carbocycles. The normalized spacial score (nSPS) is 11.0. The number of nitrogen functional groups attached to an aromatic ring is 2. The number of nitrogens with two attached hydrogens (primary N) is 2. The van der Waals surface area contributed by atoms with E-state index in [1.807, 2.05) is 18.2 Å². The molecule has 0 amide bonds. The van der Waals surface area contributed by atoms with Crippen LogP contribution in [0, 0.1) is 0 Å². The zero-order chi connectivity index (χ0) is 15.7. The lowest BCUT2D eigenvalue weighted by Crippen LogP contribution is -2.02. The third-order valence-electron chi connectivity index (χ3n) is 3.38. The van der Waals surface area contributed by atoms with Crippen molar-refractivity contribution in [3.05, 3.63) is 42.2 Å². The Morgan fingerprint density at radius 1 is 1.09 bits per heavy atom. The number of ether oxygens (including phenoxy) is 1. The molecule has 0 radical (unpaired) electrons. The van der Waals surface area contributed by atoms with Crippen LogP contribution in [0.5, 0.6) is 11.5 Å². The third-order valence-corrected chi connectivity index (χ3v) is 3.38. The molecule has 0 saturated carbocycles. The van der Waals surface area contributed by atoms with Crippen LogP contribution in [0.3, 0.4) is 0 Å². The number of anilines is 2. The molecule has 3 rings (SSSR count). The van der Waals surface area contributed by atoms with Crippen molar-refractivity contribution in [2.24, 2.45) is 0 Å². The van der Waals surface area contributed by atoms with Gasteiger partial charge in [-0.25, -0.2) is 4.98 Å². The summed E-state index contributed by atoms with van der Waals surface area (Å²) in [5.74, 6) is 1.70. The highest BCUT2D eigenvalue weighted by Gasteiger charge is 2.13. The van der Waals surface area contributed by atoms with E-state index in [-0.39, 0.29) is 17.7 Å². The number of pyridine rings is 1. The van der Waals surface area contributed by atoms with Gasteiger partial charge in [0.05, 0.1) is 11.7 Å². The quantitative estimate of drug-likeness (QED) is 0.770. The lowest BCUT2D eigenvalue weighted by molar-refractivity contribution is 0.472. The number of benzene rings is 1. The van der Waals surface area contributed by atoms with E-state index in [0.29, 0.717) is 11.5 Å². The van der Waals surface area contributed by atoms with Gasteiger partial charge >= 0.3 is 0 Å². The summed E-state index contributed by atoms with van der Waals surface area (Å²) in [4.78, 5) is 12.2. The molecule has 6 heteroatoms. The number of nitrogens with zero attached hydrogens (tertiary/aromatic N) is 3. The van der Waals surface area contributed by atoms with Crippen molar-refractivity contribution in [1.82, 2.24) is 15.0 Å². The third kappa shape index (κ3) is 2.63. The maximum absolute atomic E-state index is 5.92. The molecule has 0 saturated heterocycles. The van der Waals surface area contributed by atoms with E-state index in [9.17, 15) is 0 Å². The summed E-state index contributed by atoms with van der Waals surface area (Å²) in [5, 5.41) is 1.07. The van der Waals surface area contributed by atoms with E-state index in [1.54, 1.807) is 6.20 Å². The predicted molar refractivity (Wildman–Crippen MR) is 86.8 cm³/mol. The average molecular weight is 295 g/mol. The first-order valence-corrected chi connectivity index (χ1v) is 6.99. The second kappa shape index (κ2) is 5.48. The molecule has 22 heavy (non-hydrogen) atoms. The van der Waals surface area contributed by atoms with Gasteiger partial charge in [0.25, 0.3) is 0 Å². The lowest BCUT2D eigenvalue weighted by atomic mass is 10.00. The lowest BCUT2D eigenvalue weighted by Gasteiger charge is -2.15. The maximum Gasteiger partial charge on any atom is 0.222 e. The average Bonchev–Trinajstić information content (AvgIpc) is 2.49. The van der Waals surface area contributed by atoms with Crippen LogP contribution in [0.4, 0.5) is 11.8 Å². The predicted octanol–water partition coefficient (Wildman–Crippen LogP) is 3.10. The van der Waals surface area contributed by atoms with Crippen molar-refractivity contribution in [2.45, 2.75) is 19.8 Å². The Hall–Kier alpha value is -2.89. The van der Waals surface area contributed by atoms with Crippen LogP contribution >= 0.6 is 0 Å². The van der Waals surface area contributed by atoms with Crippen molar-refractivity contribution in [1.29, 1.82) is 0 Å². The van der Waals surface area contributed by atoms with Crippen LogP contribution in [0.15, 0.2) is 36.7 Å². The molecule has 2 heterocycles. The molecule has 3 aromatic rings. The fraction of sp³-hybridized carbons (Fsp3) is 0.188. The molecular weight excluding hydrogens is 278 g/mol. The molecule has 0 fully saturated rings. The first kappa shape index (κ1) is 14.1. The van der Waals surface area contributed by atoms with Crippen LogP contribution in [-0.2, 0) is 0 Å². The van der Waals surface area contributed by atoms with Crippen LogP contribution < -0.4 is 16.2 Å². The van der Waals surface area contributed by atoms with Crippen molar-refractivity contribution in [3.8, 4) is 11.5 Å². The molecule has 0 atom stereocenters. The second-order valence-corrected chi connectivity index (χ2v) is 5.32. The molecule has 1 aromatic carbocycles. The highest BCUT2D eigenvalue weighted by molar-refractivity contribution is 5.81. The number of fused-ring (bicyclic) bond motifs is 1. The number of hydrogen-bond acceptors (Lipinski definition) is 6. The van der Waals surface area contributed by atoms with Crippen LogP contribution in [0.25, 0.3) is 10.9 Å². The Kier molecular flexibility index (Phi) is 3.50. The van der Waals surface area contributed by atoms with E-state index >= 15 is 0 Å². The Balaban J connectivity index is 2.10. The van der Waals surface area contributed by atoms with Crippen molar-refractivity contribution >= 4 is 22.7 Å². The summed E-state index contributed by atoms with van der Waals surface area (Å²) < 4.78 is 5.92. The van der Waals surface area contributed by atoms with E-state index in [4.69, 9.17) is 16.2 Å². The molecule has 0 unspecified atom stereocenters. The minimum atomic E-state index is 0.120.